The highest BCUT2D eigenvalue weighted by molar-refractivity contribution is 5.91. The third-order valence-corrected chi connectivity index (χ3v) is 13.5. The molecule has 2 heterocycles. The molecule has 4 aromatic carbocycles. The molecule has 2 aliphatic rings. The van der Waals surface area contributed by atoms with Gasteiger partial charge >= 0.3 is 11.9 Å². The second-order valence-corrected chi connectivity index (χ2v) is 17.4. The van der Waals surface area contributed by atoms with E-state index in [4.69, 9.17) is 47.4 Å². The van der Waals surface area contributed by atoms with Crippen LogP contribution < -0.4 is 37.9 Å². The lowest BCUT2D eigenvalue weighted by atomic mass is 9.86. The highest BCUT2D eigenvalue weighted by atomic mass is 16.5. The van der Waals surface area contributed by atoms with Crippen molar-refractivity contribution in [3.05, 3.63) is 106 Å². The first-order valence-corrected chi connectivity index (χ1v) is 22.5. The number of rotatable bonds is 22. The Morgan fingerprint density at radius 1 is 0.485 bits per heavy atom. The molecule has 2 aliphatic heterocycles. The van der Waals surface area contributed by atoms with Crippen molar-refractivity contribution < 1.29 is 65.9 Å². The topological polar surface area (TPSA) is 126 Å². The van der Waals surface area contributed by atoms with E-state index in [1.807, 2.05) is 24.3 Å². The van der Waals surface area contributed by atoms with Gasteiger partial charge in [-0.05, 0) is 70.8 Å². The summed E-state index contributed by atoms with van der Waals surface area (Å²) in [6.45, 7) is 3.69. The minimum absolute atomic E-state index is 0.0726. The first-order chi connectivity index (χ1) is 31.9. The Kier molecular flexibility index (Phi) is 16.7. The molecule has 0 aromatic heterocycles. The highest BCUT2D eigenvalue weighted by Gasteiger charge is 2.41. The summed E-state index contributed by atoms with van der Waals surface area (Å²) in [6, 6.07) is 20.6. The first-order valence-electron chi connectivity index (χ1n) is 22.5. The maximum absolute atomic E-state index is 12.8. The smallest absolute Gasteiger partial charge is 0.331 e. The van der Waals surface area contributed by atoms with Gasteiger partial charge in [0.1, 0.15) is 12.1 Å². The molecule has 0 saturated heterocycles. The summed E-state index contributed by atoms with van der Waals surface area (Å²) < 4.78 is 57.7. The van der Waals surface area contributed by atoms with Crippen molar-refractivity contribution in [3.63, 3.8) is 0 Å². The van der Waals surface area contributed by atoms with Crippen LogP contribution in [-0.4, -0.2) is 131 Å². The number of esters is 2. The number of carbonyl (C=O) groups excluding carboxylic acids is 2. The molecular formula is C52H68N2O12+2. The summed E-state index contributed by atoms with van der Waals surface area (Å²) in [5.74, 6) is 4.31. The monoisotopic (exact) mass is 912 g/mol. The van der Waals surface area contributed by atoms with Gasteiger partial charge < -0.3 is 56.3 Å². The molecule has 0 fully saturated rings. The first kappa shape index (κ1) is 49.3. The van der Waals surface area contributed by atoms with Crippen LogP contribution in [0.2, 0.25) is 0 Å². The number of benzene rings is 4. The van der Waals surface area contributed by atoms with Crippen LogP contribution in [0.1, 0.15) is 58.3 Å². The van der Waals surface area contributed by atoms with Crippen LogP contribution in [0.15, 0.2) is 72.8 Å². The molecule has 0 N–H and O–H groups in total. The van der Waals surface area contributed by atoms with Gasteiger partial charge in [-0.2, -0.15) is 0 Å². The van der Waals surface area contributed by atoms with Crippen LogP contribution in [0.5, 0.6) is 46.0 Å². The van der Waals surface area contributed by atoms with E-state index in [0.717, 1.165) is 84.1 Å². The number of nitrogens with zero attached hydrogens (tertiary/aromatic N) is 2. The second-order valence-electron chi connectivity index (χ2n) is 17.4. The van der Waals surface area contributed by atoms with E-state index in [0.29, 0.717) is 58.8 Å². The van der Waals surface area contributed by atoms with Crippen molar-refractivity contribution in [2.24, 2.45) is 0 Å². The van der Waals surface area contributed by atoms with E-state index in [9.17, 15) is 9.59 Å². The molecule has 1 unspecified atom stereocenters. The lowest BCUT2D eigenvalue weighted by molar-refractivity contribution is -0.941. The highest BCUT2D eigenvalue weighted by Crippen LogP contribution is 2.45. The Balaban J connectivity index is 1.04. The predicted octanol–water partition coefficient (Wildman–Crippen LogP) is 7.45. The van der Waals surface area contributed by atoms with Crippen LogP contribution in [0, 0.1) is 0 Å². The van der Waals surface area contributed by atoms with Crippen molar-refractivity contribution in [2.75, 3.05) is 110 Å². The number of ether oxygens (including phenoxy) is 10. The Labute approximate surface area is 390 Å². The molecule has 0 aliphatic carbocycles. The average molecular weight is 913 g/mol. The van der Waals surface area contributed by atoms with Crippen LogP contribution in [0.3, 0.4) is 0 Å². The fourth-order valence-corrected chi connectivity index (χ4v) is 9.75. The van der Waals surface area contributed by atoms with Gasteiger partial charge in [0, 0.05) is 61.8 Å². The minimum Gasteiger partial charge on any atom is -0.493 e. The van der Waals surface area contributed by atoms with Gasteiger partial charge in [-0.3, -0.25) is 0 Å². The normalized spacial score (nSPS) is 19.8. The Morgan fingerprint density at radius 2 is 0.818 bits per heavy atom. The molecule has 0 bridgehead atoms. The summed E-state index contributed by atoms with van der Waals surface area (Å²) >= 11 is 0. The van der Waals surface area contributed by atoms with E-state index < -0.39 is 11.9 Å². The Hall–Kier alpha value is -6.12. The van der Waals surface area contributed by atoms with E-state index >= 15 is 0 Å². The van der Waals surface area contributed by atoms with Crippen LogP contribution in [0.4, 0.5) is 0 Å². The molecular weight excluding hydrogens is 845 g/mol. The van der Waals surface area contributed by atoms with Gasteiger partial charge in [-0.25, -0.2) is 9.59 Å². The van der Waals surface area contributed by atoms with E-state index in [2.05, 4.69) is 50.5 Å². The third-order valence-electron chi connectivity index (χ3n) is 13.5. The molecule has 4 aromatic rings. The second kappa shape index (κ2) is 22.4. The Morgan fingerprint density at radius 3 is 1.17 bits per heavy atom. The van der Waals surface area contributed by atoms with Gasteiger partial charge in [0.05, 0.1) is 110 Å². The van der Waals surface area contributed by atoms with Crippen molar-refractivity contribution in [1.82, 2.24) is 0 Å². The summed E-state index contributed by atoms with van der Waals surface area (Å²) in [5.41, 5.74) is 7.06. The Bertz CT molecular complexity index is 2190. The van der Waals surface area contributed by atoms with Crippen molar-refractivity contribution in [2.45, 2.75) is 50.6 Å². The minimum atomic E-state index is -0.590. The van der Waals surface area contributed by atoms with Crippen molar-refractivity contribution in [1.29, 1.82) is 0 Å². The van der Waals surface area contributed by atoms with Crippen LogP contribution in [0.25, 0.3) is 0 Å². The summed E-state index contributed by atoms with van der Waals surface area (Å²) in [6.07, 6.45) is 6.73. The third kappa shape index (κ3) is 11.3. The standard InChI is InChI=1S/C52H68N2O12/c1-53(23-19-37-31-47(61-7)49(63-9)33-39(37)41(53)27-35-13-15-43(57-3)45(29-35)59-5)21-11-25-65-51(55)17-18-52(56)66-26-12-22-54(2)24-20-38-32-48(62-8)50(64-10)34-40(38)42(54)28-36-14-16-44(58-4)46(30-36)60-6/h13-18,29-34,41-42H,11-12,19-28H2,1-10H3/q+2/t41-,42-,53+,54?/m0/s1. The molecule has 356 valence electrons. The molecule has 0 saturated carbocycles. The van der Waals surface area contributed by atoms with Crippen LogP contribution in [-0.2, 0) is 44.7 Å². The zero-order valence-electron chi connectivity index (χ0n) is 40.4. The summed E-state index contributed by atoms with van der Waals surface area (Å²) in [5, 5.41) is 0. The number of quaternary nitrogens is 2. The number of methoxy groups -OCH3 is 8. The van der Waals surface area contributed by atoms with E-state index in [-0.39, 0.29) is 25.3 Å². The quantitative estimate of drug-likeness (QED) is 0.0337. The number of hydrogen-bond donors (Lipinski definition) is 0. The molecule has 6 rings (SSSR count). The number of fused-ring (bicyclic) bond motifs is 2. The van der Waals surface area contributed by atoms with Gasteiger partial charge in [-0.15, -0.1) is 0 Å². The molecule has 0 radical (unpaired) electrons. The molecule has 14 heteroatoms. The average Bonchev–Trinajstić information content (AvgIpc) is 3.34. The SMILES string of the molecule is COc1ccc(C[C@H]2c3cc(OC)c(OC)cc3CC[N+]2(C)CCCOC(=O)C=CC(=O)OCCC[N@+]2(C)CCc3cc(OC)c(OC)cc3[C@@H]2Cc2ccc(OC)c(OC)c2)cc1OC. The summed E-state index contributed by atoms with van der Waals surface area (Å²) in [7, 11) is 17.7. The molecule has 14 nitrogen and oxygen atoms in total. The van der Waals surface area contributed by atoms with E-state index in [1.165, 1.54) is 22.3 Å². The molecule has 0 spiro atoms. The summed E-state index contributed by atoms with van der Waals surface area (Å²) in [4.78, 5) is 25.6. The molecule has 4 atom stereocenters. The van der Waals surface area contributed by atoms with Gasteiger partial charge in [-0.1, -0.05) is 12.1 Å². The van der Waals surface area contributed by atoms with Gasteiger partial charge in [0.25, 0.3) is 0 Å². The van der Waals surface area contributed by atoms with Gasteiger partial charge in [0.15, 0.2) is 46.0 Å². The van der Waals surface area contributed by atoms with E-state index in [1.54, 1.807) is 56.9 Å². The largest absolute Gasteiger partial charge is 0.493 e. The number of likely N-dealkylation sites (N-methyl/N-ethyl adjacent to an activating group) is 2. The lowest BCUT2D eigenvalue weighted by Crippen LogP contribution is -2.52. The zero-order valence-corrected chi connectivity index (χ0v) is 40.4. The van der Waals surface area contributed by atoms with Crippen molar-refractivity contribution >= 4 is 11.9 Å². The molecule has 66 heavy (non-hydrogen) atoms. The fraction of sp³-hybridized carbons (Fsp3) is 0.462. The lowest BCUT2D eigenvalue weighted by Gasteiger charge is -2.46. The zero-order chi connectivity index (χ0) is 47.4. The predicted molar refractivity (Wildman–Crippen MR) is 251 cm³/mol. The number of carbonyl (C=O) groups is 2. The van der Waals surface area contributed by atoms with Crippen LogP contribution >= 0.6 is 0 Å². The van der Waals surface area contributed by atoms with Gasteiger partial charge in [0.2, 0.25) is 0 Å². The maximum atomic E-state index is 12.8. The fourth-order valence-electron chi connectivity index (χ4n) is 9.75. The molecule has 0 amide bonds. The maximum Gasteiger partial charge on any atom is 0.331 e. The van der Waals surface area contributed by atoms with Crippen molar-refractivity contribution in [3.8, 4) is 46.0 Å². The number of hydrogen-bond acceptors (Lipinski definition) is 12.